The number of nitrogens with two attached hydrogens (primary N) is 1. The van der Waals surface area contributed by atoms with Crippen molar-refractivity contribution in [3.63, 3.8) is 0 Å². The van der Waals surface area contributed by atoms with Crippen molar-refractivity contribution in [3.05, 3.63) is 24.3 Å². The van der Waals surface area contributed by atoms with Crippen molar-refractivity contribution in [1.82, 2.24) is 0 Å². The zero-order valence-electron chi connectivity index (χ0n) is 14.5. The van der Waals surface area contributed by atoms with E-state index in [9.17, 15) is 0 Å². The normalized spacial score (nSPS) is 11.9. The van der Waals surface area contributed by atoms with Crippen LogP contribution in [0, 0.1) is 0 Å². The molecule has 0 spiro atoms. The summed E-state index contributed by atoms with van der Waals surface area (Å²) < 4.78 is 0. The first-order chi connectivity index (χ1) is 10.4. The van der Waals surface area contributed by atoms with Crippen molar-refractivity contribution in [2.75, 3.05) is 6.54 Å². The molecule has 0 aliphatic rings. The van der Waals surface area contributed by atoms with Crippen LogP contribution in [0.4, 0.5) is 0 Å². The molecule has 0 aliphatic carbocycles. The Hall–Kier alpha value is -0.560. The molecule has 1 heteroatoms. The molecule has 0 amide bonds. The molecule has 0 aromatic heterocycles. The molecule has 0 atom stereocenters. The Labute approximate surface area is 134 Å². The average molecular weight is 294 g/mol. The Morgan fingerprint density at radius 2 is 1.00 bits per heavy atom. The van der Waals surface area contributed by atoms with E-state index in [2.05, 4.69) is 19.1 Å². The van der Waals surface area contributed by atoms with Crippen LogP contribution in [-0.2, 0) is 0 Å². The third-order valence-corrected chi connectivity index (χ3v) is 3.99. The van der Waals surface area contributed by atoms with Gasteiger partial charge in [-0.3, -0.25) is 0 Å². The lowest BCUT2D eigenvalue weighted by atomic mass is 10.0. The summed E-state index contributed by atoms with van der Waals surface area (Å²) in [6, 6.07) is 0. The topological polar surface area (TPSA) is 26.0 Å². The third kappa shape index (κ3) is 19.4. The highest BCUT2D eigenvalue weighted by Gasteiger charge is 1.93. The Balaban J connectivity index is 3.02. The first-order valence-electron chi connectivity index (χ1n) is 9.43. The van der Waals surface area contributed by atoms with E-state index >= 15 is 0 Å². The predicted octanol–water partition coefficient (Wildman–Crippen LogP) is 6.54. The molecule has 0 bridgehead atoms. The van der Waals surface area contributed by atoms with Crippen molar-refractivity contribution >= 4 is 0 Å². The predicted molar refractivity (Wildman–Crippen MR) is 97.6 cm³/mol. The van der Waals surface area contributed by atoms with Crippen LogP contribution in [0.2, 0.25) is 0 Å². The fraction of sp³-hybridized carbons (Fsp3) is 0.800. The van der Waals surface area contributed by atoms with Gasteiger partial charge in [-0.2, -0.15) is 0 Å². The van der Waals surface area contributed by atoms with Crippen LogP contribution in [0.3, 0.4) is 0 Å². The van der Waals surface area contributed by atoms with Gasteiger partial charge >= 0.3 is 0 Å². The Kier molecular flexibility index (Phi) is 18.9. The van der Waals surface area contributed by atoms with Gasteiger partial charge in [0.2, 0.25) is 0 Å². The van der Waals surface area contributed by atoms with Gasteiger partial charge in [-0.25, -0.2) is 0 Å². The average Bonchev–Trinajstić information content (AvgIpc) is 2.50. The van der Waals surface area contributed by atoms with E-state index in [1.54, 1.807) is 0 Å². The van der Waals surface area contributed by atoms with E-state index in [4.69, 9.17) is 5.73 Å². The van der Waals surface area contributed by atoms with Crippen LogP contribution < -0.4 is 5.73 Å². The SMILES string of the molecule is CCCCCCCCCCCCCCCC=CC=CCN. The molecule has 0 aromatic carbocycles. The molecule has 0 radical (unpaired) electrons. The second-order valence-corrected chi connectivity index (χ2v) is 6.12. The van der Waals surface area contributed by atoms with Crippen LogP contribution in [-0.4, -0.2) is 6.54 Å². The lowest BCUT2D eigenvalue weighted by Crippen LogP contribution is -1.91. The zero-order chi connectivity index (χ0) is 15.4. The molecule has 0 aliphatic heterocycles. The number of allylic oxidation sites excluding steroid dienone is 3. The van der Waals surface area contributed by atoms with Crippen LogP contribution in [0.1, 0.15) is 96.8 Å². The molecular formula is C20H39N. The van der Waals surface area contributed by atoms with E-state index < -0.39 is 0 Å². The molecule has 1 nitrogen and oxygen atoms in total. The molecule has 0 unspecified atom stereocenters. The van der Waals surface area contributed by atoms with Crippen LogP contribution in [0.25, 0.3) is 0 Å². The van der Waals surface area contributed by atoms with Gasteiger partial charge in [-0.15, -0.1) is 0 Å². The van der Waals surface area contributed by atoms with Gasteiger partial charge in [0.15, 0.2) is 0 Å². The third-order valence-electron chi connectivity index (χ3n) is 3.99. The molecule has 0 saturated carbocycles. The summed E-state index contributed by atoms with van der Waals surface area (Å²) in [7, 11) is 0. The summed E-state index contributed by atoms with van der Waals surface area (Å²) in [5.74, 6) is 0. The summed E-state index contributed by atoms with van der Waals surface area (Å²) in [5, 5.41) is 0. The van der Waals surface area contributed by atoms with Gasteiger partial charge in [-0.05, 0) is 12.8 Å². The monoisotopic (exact) mass is 293 g/mol. The molecule has 0 rings (SSSR count). The molecule has 0 fully saturated rings. The van der Waals surface area contributed by atoms with Gasteiger partial charge < -0.3 is 5.73 Å². The number of unbranched alkanes of at least 4 members (excludes halogenated alkanes) is 13. The number of rotatable bonds is 16. The van der Waals surface area contributed by atoms with E-state index in [0.29, 0.717) is 6.54 Å². The summed E-state index contributed by atoms with van der Waals surface area (Å²) in [6.45, 7) is 2.93. The minimum atomic E-state index is 0.642. The summed E-state index contributed by atoms with van der Waals surface area (Å²) in [5.41, 5.74) is 5.37. The summed E-state index contributed by atoms with van der Waals surface area (Å²) in [4.78, 5) is 0. The van der Waals surface area contributed by atoms with Gasteiger partial charge in [0.05, 0.1) is 0 Å². The quantitative estimate of drug-likeness (QED) is 0.254. The summed E-state index contributed by atoms with van der Waals surface area (Å²) >= 11 is 0. The Bertz CT molecular complexity index is 230. The molecule has 0 heterocycles. The van der Waals surface area contributed by atoms with Crippen LogP contribution in [0.5, 0.6) is 0 Å². The van der Waals surface area contributed by atoms with Crippen LogP contribution >= 0.6 is 0 Å². The Morgan fingerprint density at radius 3 is 1.48 bits per heavy atom. The maximum atomic E-state index is 5.37. The zero-order valence-corrected chi connectivity index (χ0v) is 14.5. The first-order valence-corrected chi connectivity index (χ1v) is 9.43. The molecule has 21 heavy (non-hydrogen) atoms. The highest BCUT2D eigenvalue weighted by molar-refractivity contribution is 5.02. The van der Waals surface area contributed by atoms with Crippen molar-refractivity contribution in [1.29, 1.82) is 0 Å². The minimum Gasteiger partial charge on any atom is -0.327 e. The van der Waals surface area contributed by atoms with Crippen molar-refractivity contribution in [3.8, 4) is 0 Å². The molecular weight excluding hydrogens is 254 g/mol. The van der Waals surface area contributed by atoms with E-state index in [0.717, 1.165) is 0 Å². The Morgan fingerprint density at radius 1 is 0.571 bits per heavy atom. The van der Waals surface area contributed by atoms with Gasteiger partial charge in [0.1, 0.15) is 0 Å². The number of hydrogen-bond acceptors (Lipinski definition) is 1. The summed E-state index contributed by atoms with van der Waals surface area (Å²) in [6.07, 6.45) is 28.2. The maximum Gasteiger partial charge on any atom is 0.0109 e. The first kappa shape index (κ1) is 20.4. The standard InChI is InChI=1S/C20H39N/c1-2-3-4-5-6-7-8-9-10-11-12-13-14-15-16-17-18-19-20-21/h16-19H,2-15,20-21H2,1H3. The highest BCUT2D eigenvalue weighted by Crippen LogP contribution is 2.12. The van der Waals surface area contributed by atoms with Gasteiger partial charge in [0, 0.05) is 6.54 Å². The second-order valence-electron chi connectivity index (χ2n) is 6.12. The minimum absolute atomic E-state index is 0.642. The highest BCUT2D eigenvalue weighted by atomic mass is 14.5. The number of hydrogen-bond donors (Lipinski definition) is 1. The molecule has 0 saturated heterocycles. The van der Waals surface area contributed by atoms with E-state index in [1.807, 2.05) is 12.2 Å². The van der Waals surface area contributed by atoms with Crippen molar-refractivity contribution in [2.45, 2.75) is 96.8 Å². The fourth-order valence-electron chi connectivity index (χ4n) is 2.61. The maximum absolute atomic E-state index is 5.37. The van der Waals surface area contributed by atoms with E-state index in [1.165, 1.54) is 89.9 Å². The van der Waals surface area contributed by atoms with Crippen LogP contribution in [0.15, 0.2) is 24.3 Å². The lowest BCUT2D eigenvalue weighted by molar-refractivity contribution is 0.540. The van der Waals surface area contributed by atoms with Crippen molar-refractivity contribution < 1.29 is 0 Å². The molecule has 2 N–H and O–H groups in total. The van der Waals surface area contributed by atoms with Gasteiger partial charge in [0.25, 0.3) is 0 Å². The molecule has 124 valence electrons. The smallest absolute Gasteiger partial charge is 0.0109 e. The van der Waals surface area contributed by atoms with Gasteiger partial charge in [-0.1, -0.05) is 108 Å². The lowest BCUT2D eigenvalue weighted by Gasteiger charge is -2.02. The second kappa shape index (κ2) is 19.4. The van der Waals surface area contributed by atoms with Crippen molar-refractivity contribution in [2.24, 2.45) is 5.73 Å². The van der Waals surface area contributed by atoms with E-state index in [-0.39, 0.29) is 0 Å². The fourth-order valence-corrected chi connectivity index (χ4v) is 2.61. The largest absolute Gasteiger partial charge is 0.327 e. The molecule has 0 aromatic rings.